The van der Waals surface area contributed by atoms with Crippen LogP contribution in [0.1, 0.15) is 24.1 Å². The number of sulfonamides is 1. The molecule has 23 heavy (non-hydrogen) atoms. The van der Waals surface area contributed by atoms with Gasteiger partial charge in [-0.05, 0) is 43.0 Å². The van der Waals surface area contributed by atoms with Crippen LogP contribution < -0.4 is 24.0 Å². The van der Waals surface area contributed by atoms with Gasteiger partial charge in [0.05, 0.1) is 10.9 Å². The molecule has 1 atom stereocenters. The molecule has 0 saturated carbocycles. The van der Waals surface area contributed by atoms with Gasteiger partial charge in [-0.3, -0.25) is 4.31 Å². The van der Waals surface area contributed by atoms with Gasteiger partial charge in [0.2, 0.25) is 0 Å². The first-order chi connectivity index (χ1) is 10.4. The van der Waals surface area contributed by atoms with Crippen molar-refractivity contribution in [3.8, 4) is 0 Å². The van der Waals surface area contributed by atoms with Gasteiger partial charge in [-0.2, -0.15) is 0 Å². The minimum atomic E-state index is -3.84. The van der Waals surface area contributed by atoms with Crippen molar-refractivity contribution in [1.82, 2.24) is 4.31 Å². The van der Waals surface area contributed by atoms with Crippen molar-refractivity contribution in [2.75, 3.05) is 0 Å². The molecule has 2 aromatic carbocycles. The van der Waals surface area contributed by atoms with Crippen LogP contribution in [0, 0.1) is 6.92 Å². The topological polar surface area (TPSA) is 60.4 Å². The molecule has 1 unspecified atom stereocenters. The second-order valence-corrected chi connectivity index (χ2v) is 7.23. The van der Waals surface area contributed by atoms with E-state index < -0.39 is 21.9 Å². The molecule has 0 fully saturated rings. The zero-order valence-electron chi connectivity index (χ0n) is 13.4. The zero-order valence-corrected chi connectivity index (χ0v) is 14.2. The molecule has 0 radical (unpaired) electrons. The van der Waals surface area contributed by atoms with Crippen molar-refractivity contribution in [1.29, 1.82) is 0 Å². The minimum absolute atomic E-state index is 0. The van der Waals surface area contributed by atoms with Crippen LogP contribution in [0.5, 0.6) is 0 Å². The summed E-state index contributed by atoms with van der Waals surface area (Å²) in [6.07, 6.45) is 0. The Balaban J connectivity index is 0.00000192. The molecule has 1 aliphatic rings. The van der Waals surface area contributed by atoms with Crippen molar-refractivity contribution < 1.29 is 32.4 Å². The van der Waals surface area contributed by atoms with E-state index in [4.69, 9.17) is 0 Å². The Labute approximate surface area is 148 Å². The van der Waals surface area contributed by atoms with Gasteiger partial charge < -0.3 is 5.11 Å². The molecule has 0 N–H and O–H groups in total. The summed E-state index contributed by atoms with van der Waals surface area (Å²) in [5, 5.41) is 12.1. The van der Waals surface area contributed by atoms with Crippen LogP contribution in [0.2, 0.25) is 0 Å². The molecule has 3 rings (SSSR count). The summed E-state index contributed by atoms with van der Waals surface area (Å²) < 4.78 is 26.5. The average Bonchev–Trinajstić information content (AvgIpc) is 2.52. The minimum Gasteiger partial charge on any atom is -0.859 e. The summed E-state index contributed by atoms with van der Waals surface area (Å²) >= 11 is 0. The Morgan fingerprint density at radius 3 is 2.09 bits per heavy atom. The molecular weight excluding hydrogens is 305 g/mol. The van der Waals surface area contributed by atoms with Crippen molar-refractivity contribution in [3.05, 3.63) is 77.2 Å². The van der Waals surface area contributed by atoms with E-state index >= 15 is 0 Å². The number of aryl methyl sites for hydroxylation is 1. The SMILES string of the molecule is CC1=C([O-])N(S(=O)(=O)c2ccc(C)cc2)C1c1ccccc1.[Li+]. The number of hydrogen-bond acceptors (Lipinski definition) is 3. The van der Waals surface area contributed by atoms with Crippen molar-refractivity contribution in [2.45, 2.75) is 24.8 Å². The van der Waals surface area contributed by atoms with Crippen LogP contribution >= 0.6 is 0 Å². The maximum absolute atomic E-state index is 12.8. The van der Waals surface area contributed by atoms with E-state index in [0.717, 1.165) is 15.4 Å². The van der Waals surface area contributed by atoms with E-state index in [2.05, 4.69) is 0 Å². The second-order valence-electron chi connectivity index (χ2n) is 5.42. The molecule has 1 aliphatic heterocycles. The van der Waals surface area contributed by atoms with Crippen molar-refractivity contribution >= 4 is 10.0 Å². The Hall–Kier alpha value is -1.67. The standard InChI is InChI=1S/C17H17NO3S.Li/c1-12-8-10-15(11-9-12)22(20,21)18-16(13(2)17(18)19)14-6-4-3-5-7-14;/h3-11,16,19H,1-2H3;/q;+1/p-1. The number of hydrogen-bond donors (Lipinski definition) is 0. The van der Waals surface area contributed by atoms with Gasteiger partial charge in [-0.25, -0.2) is 8.42 Å². The fourth-order valence-corrected chi connectivity index (χ4v) is 4.24. The molecule has 0 bridgehead atoms. The fourth-order valence-electron chi connectivity index (χ4n) is 2.61. The molecular formula is C17H16LiNO3S. The van der Waals surface area contributed by atoms with Crippen LogP contribution in [-0.2, 0) is 10.0 Å². The molecule has 0 spiro atoms. The van der Waals surface area contributed by atoms with Crippen LogP contribution in [0.25, 0.3) is 0 Å². The van der Waals surface area contributed by atoms with Crippen LogP contribution in [0.15, 0.2) is 70.9 Å². The van der Waals surface area contributed by atoms with Gasteiger partial charge in [-0.15, -0.1) is 0 Å². The average molecular weight is 321 g/mol. The Bertz CT molecular complexity index is 830. The maximum atomic E-state index is 12.8. The van der Waals surface area contributed by atoms with E-state index in [0.29, 0.717) is 5.57 Å². The smallest absolute Gasteiger partial charge is 0.859 e. The van der Waals surface area contributed by atoms with E-state index in [1.807, 2.05) is 37.3 Å². The summed E-state index contributed by atoms with van der Waals surface area (Å²) in [7, 11) is -3.84. The van der Waals surface area contributed by atoms with Crippen LogP contribution in [0.4, 0.5) is 0 Å². The normalized spacial score (nSPS) is 17.5. The third-order valence-corrected chi connectivity index (χ3v) is 5.64. The summed E-state index contributed by atoms with van der Waals surface area (Å²) in [6, 6.07) is 15.2. The molecule has 6 heteroatoms. The van der Waals surface area contributed by atoms with Gasteiger partial charge in [0, 0.05) is 0 Å². The molecule has 114 valence electrons. The summed E-state index contributed by atoms with van der Waals surface area (Å²) in [5.41, 5.74) is 2.31. The maximum Gasteiger partial charge on any atom is 1.00 e. The van der Waals surface area contributed by atoms with E-state index in [1.165, 1.54) is 12.1 Å². The van der Waals surface area contributed by atoms with Gasteiger partial charge in [0.25, 0.3) is 10.0 Å². The molecule has 0 aliphatic carbocycles. The third kappa shape index (κ3) is 2.92. The Kier molecular flexibility index (Phi) is 4.95. The van der Waals surface area contributed by atoms with Gasteiger partial charge in [0.15, 0.2) is 0 Å². The molecule has 2 aromatic rings. The summed E-state index contributed by atoms with van der Waals surface area (Å²) in [6.45, 7) is 3.57. The predicted octanol–water partition coefficient (Wildman–Crippen LogP) is -0.664. The van der Waals surface area contributed by atoms with E-state index in [9.17, 15) is 13.5 Å². The van der Waals surface area contributed by atoms with Crippen LogP contribution in [0.3, 0.4) is 0 Å². The largest absolute Gasteiger partial charge is 1.00 e. The molecule has 0 aromatic heterocycles. The van der Waals surface area contributed by atoms with Gasteiger partial charge in [0.1, 0.15) is 0 Å². The zero-order chi connectivity index (χ0) is 15.9. The summed E-state index contributed by atoms with van der Waals surface area (Å²) in [5.74, 6) is -0.436. The quantitative estimate of drug-likeness (QED) is 0.705. The number of rotatable bonds is 3. The Morgan fingerprint density at radius 1 is 0.957 bits per heavy atom. The third-order valence-electron chi connectivity index (χ3n) is 3.88. The van der Waals surface area contributed by atoms with Crippen molar-refractivity contribution in [2.24, 2.45) is 0 Å². The fraction of sp³-hybridized carbons (Fsp3) is 0.176. The predicted molar refractivity (Wildman–Crippen MR) is 82.1 cm³/mol. The first-order valence-corrected chi connectivity index (χ1v) is 8.41. The van der Waals surface area contributed by atoms with Gasteiger partial charge >= 0.3 is 18.9 Å². The first-order valence-electron chi connectivity index (χ1n) is 6.97. The molecule has 4 nitrogen and oxygen atoms in total. The van der Waals surface area contributed by atoms with Crippen LogP contribution in [-0.4, -0.2) is 12.7 Å². The summed E-state index contributed by atoms with van der Waals surface area (Å²) in [4.78, 5) is 0.139. The molecule has 0 amide bonds. The van der Waals surface area contributed by atoms with E-state index in [-0.39, 0.29) is 23.8 Å². The molecule has 0 saturated heterocycles. The van der Waals surface area contributed by atoms with Gasteiger partial charge in [-0.1, -0.05) is 48.0 Å². The van der Waals surface area contributed by atoms with E-state index in [1.54, 1.807) is 19.1 Å². The Morgan fingerprint density at radius 2 is 1.52 bits per heavy atom. The number of benzene rings is 2. The monoisotopic (exact) mass is 321 g/mol. The van der Waals surface area contributed by atoms with Crippen molar-refractivity contribution in [3.63, 3.8) is 0 Å². The molecule has 1 heterocycles. The first kappa shape index (κ1) is 17.7. The number of nitrogens with zero attached hydrogens (tertiary/aromatic N) is 1. The second kappa shape index (κ2) is 6.44.